The summed E-state index contributed by atoms with van der Waals surface area (Å²) in [6.45, 7) is 54.5. The molecule has 0 atom stereocenters. The second-order valence-corrected chi connectivity index (χ2v) is 37.5. The molecule has 7 heteroatoms. The van der Waals surface area contributed by atoms with Gasteiger partial charge < -0.3 is 23.5 Å². The molecule has 8 aromatic carbocycles. The van der Waals surface area contributed by atoms with Crippen molar-refractivity contribution in [3.63, 3.8) is 0 Å². The van der Waals surface area contributed by atoms with E-state index in [1.54, 1.807) is 14.2 Å². The lowest BCUT2D eigenvalue weighted by molar-refractivity contribution is 0.381. The summed E-state index contributed by atoms with van der Waals surface area (Å²) in [7, 11) is 1.65. The van der Waals surface area contributed by atoms with Crippen molar-refractivity contribution >= 4 is 68.4 Å². The van der Waals surface area contributed by atoms with E-state index in [0.717, 1.165) is 116 Å². The summed E-state index contributed by atoms with van der Waals surface area (Å²) in [6.07, 6.45) is 0. The average molecular weight is 1210 g/mol. The van der Waals surface area contributed by atoms with Gasteiger partial charge in [-0.1, -0.05) is 233 Å². The zero-order chi connectivity index (χ0) is 64.9. The molecule has 0 spiro atoms. The Morgan fingerprint density at radius 2 is 0.563 bits per heavy atom. The maximum atomic E-state index is 19.2. The molecule has 0 fully saturated rings. The quantitative estimate of drug-likeness (QED) is 0.121. The standard InChI is InChI=1S/C80H104O5P2/c1-73(2,3)57-41-51(42-58(69(57)82-25)74(4,5)6)86(52-43-59(75(7,8)9)70(83-26)60(44-52)76(10,11)12)65-39-37-49-33-29-31-35-55(49)67(65)68-56-36-32-30-34-50(56)38-40-66(68)87(81,53-45-61(77(13,14)15)71(84-27)62(46-53)78(16,17)18)54-47-63(79(19,20)21)72(85-28)64(48-54)80(22,23)24/h29-48H,1-28H3. The summed E-state index contributed by atoms with van der Waals surface area (Å²) in [6, 6.07) is 45.6. The van der Waals surface area contributed by atoms with E-state index in [0.29, 0.717) is 0 Å². The van der Waals surface area contributed by atoms with Crippen LogP contribution < -0.4 is 50.8 Å². The van der Waals surface area contributed by atoms with Gasteiger partial charge >= 0.3 is 0 Å². The Hall–Kier alpha value is -5.86. The summed E-state index contributed by atoms with van der Waals surface area (Å²) in [4.78, 5) is 0. The molecule has 0 N–H and O–H groups in total. The number of fused-ring (bicyclic) bond motifs is 2. The van der Waals surface area contributed by atoms with E-state index in [4.69, 9.17) is 18.9 Å². The smallest absolute Gasteiger partial charge is 0.171 e. The van der Waals surface area contributed by atoms with Crippen molar-refractivity contribution < 1.29 is 23.5 Å². The van der Waals surface area contributed by atoms with Gasteiger partial charge in [-0.3, -0.25) is 0 Å². The molecular weight excluding hydrogens is 1100 g/mol. The van der Waals surface area contributed by atoms with E-state index in [9.17, 15) is 0 Å². The SMILES string of the molecule is COc1c(C(C)(C)C)cc(P(c2cc(C(C)(C)C)c(OC)c(C(C)(C)C)c2)c2ccc3ccccc3c2-c2c(P(=O)(c3cc(C(C)(C)C)c(OC)c(C(C)(C)C)c3)c3cc(C(C)(C)C)c(OC)c(C(C)(C)C)c3)ccc3ccccc23)cc1C(C)(C)C. The van der Waals surface area contributed by atoms with E-state index in [1.807, 2.05) is 14.2 Å². The first kappa shape index (κ1) is 67.1. The van der Waals surface area contributed by atoms with Crippen LogP contribution in [0, 0.1) is 0 Å². The highest BCUT2D eigenvalue weighted by molar-refractivity contribution is 7.85. The molecule has 0 saturated heterocycles. The molecule has 0 unspecified atom stereocenters. The first-order valence-corrected chi connectivity index (χ1v) is 34.4. The number of rotatable bonds is 11. The van der Waals surface area contributed by atoms with Crippen LogP contribution in [-0.4, -0.2) is 28.4 Å². The predicted octanol–water partition coefficient (Wildman–Crippen LogP) is 19.5. The average Bonchev–Trinajstić information content (AvgIpc) is 0.805. The van der Waals surface area contributed by atoms with Crippen molar-refractivity contribution in [3.05, 3.63) is 166 Å². The zero-order valence-corrected chi connectivity index (χ0v) is 60.3. The molecule has 0 aliphatic heterocycles. The Labute approximate surface area is 526 Å². The molecule has 8 aromatic rings. The molecule has 0 aliphatic carbocycles. The molecule has 87 heavy (non-hydrogen) atoms. The molecule has 0 aliphatic rings. The molecule has 0 saturated carbocycles. The topological polar surface area (TPSA) is 54.0 Å². The van der Waals surface area contributed by atoms with Crippen molar-refractivity contribution in [2.45, 2.75) is 209 Å². The lowest BCUT2D eigenvalue weighted by Crippen LogP contribution is -2.33. The van der Waals surface area contributed by atoms with Crippen LogP contribution in [0.4, 0.5) is 0 Å². The minimum atomic E-state index is -4.08. The lowest BCUT2D eigenvalue weighted by Gasteiger charge is -2.35. The van der Waals surface area contributed by atoms with Crippen LogP contribution in [0.25, 0.3) is 32.7 Å². The third-order valence-electron chi connectivity index (χ3n) is 17.5. The van der Waals surface area contributed by atoms with Crippen molar-refractivity contribution in [2.75, 3.05) is 28.4 Å². The van der Waals surface area contributed by atoms with Gasteiger partial charge in [0.05, 0.1) is 28.4 Å². The second kappa shape index (κ2) is 23.2. The Morgan fingerprint density at radius 1 is 0.310 bits per heavy atom. The molecule has 0 bridgehead atoms. The van der Waals surface area contributed by atoms with Gasteiger partial charge in [0.1, 0.15) is 23.0 Å². The highest BCUT2D eigenvalue weighted by Gasteiger charge is 2.42. The van der Waals surface area contributed by atoms with Crippen molar-refractivity contribution in [2.24, 2.45) is 0 Å². The Balaban J connectivity index is 1.75. The van der Waals surface area contributed by atoms with E-state index in [2.05, 4.69) is 287 Å². The highest BCUT2D eigenvalue weighted by Crippen LogP contribution is 2.55. The fraction of sp³-hybridized carbons (Fsp3) is 0.450. The van der Waals surface area contributed by atoms with Crippen LogP contribution >= 0.6 is 15.1 Å². The van der Waals surface area contributed by atoms with Crippen molar-refractivity contribution in [1.82, 2.24) is 0 Å². The monoisotopic (exact) mass is 1210 g/mol. The molecule has 0 radical (unpaired) electrons. The van der Waals surface area contributed by atoms with Gasteiger partial charge in [0.15, 0.2) is 7.14 Å². The van der Waals surface area contributed by atoms with Gasteiger partial charge in [0, 0.05) is 66.0 Å². The summed E-state index contributed by atoms with van der Waals surface area (Å²) in [5.41, 5.74) is 7.99. The van der Waals surface area contributed by atoms with Gasteiger partial charge in [-0.15, -0.1) is 0 Å². The number of hydrogen-bond donors (Lipinski definition) is 0. The largest absolute Gasteiger partial charge is 0.496 e. The zero-order valence-electron chi connectivity index (χ0n) is 58.5. The van der Waals surface area contributed by atoms with Crippen LogP contribution in [0.1, 0.15) is 211 Å². The molecular formula is C80H104O5P2. The lowest BCUT2D eigenvalue weighted by atomic mass is 9.79. The van der Waals surface area contributed by atoms with E-state index in [1.165, 1.54) is 15.9 Å². The Morgan fingerprint density at radius 3 is 0.839 bits per heavy atom. The summed E-state index contributed by atoms with van der Waals surface area (Å²) < 4.78 is 45.3. The van der Waals surface area contributed by atoms with E-state index < -0.39 is 36.7 Å². The van der Waals surface area contributed by atoms with Gasteiger partial charge in [-0.05, 0) is 149 Å². The first-order valence-electron chi connectivity index (χ1n) is 31.3. The number of methoxy groups -OCH3 is 4. The van der Waals surface area contributed by atoms with Crippen LogP contribution in [0.15, 0.2) is 121 Å². The molecule has 0 aromatic heterocycles. The Kier molecular flexibility index (Phi) is 17.9. The van der Waals surface area contributed by atoms with Gasteiger partial charge in [0.2, 0.25) is 0 Å². The van der Waals surface area contributed by atoms with Gasteiger partial charge in [0.25, 0.3) is 0 Å². The number of ether oxygens (including phenoxy) is 4. The highest BCUT2D eigenvalue weighted by atomic mass is 31.2. The summed E-state index contributed by atoms with van der Waals surface area (Å²) >= 11 is 0. The predicted molar refractivity (Wildman–Crippen MR) is 381 cm³/mol. The van der Waals surface area contributed by atoms with Crippen LogP contribution in [0.2, 0.25) is 0 Å². The maximum Gasteiger partial charge on any atom is 0.171 e. The maximum absolute atomic E-state index is 19.2. The summed E-state index contributed by atoms with van der Waals surface area (Å²) in [5, 5.41) is 10.2. The fourth-order valence-electron chi connectivity index (χ4n) is 12.8. The third kappa shape index (κ3) is 12.7. The minimum absolute atomic E-state index is 0.288. The normalized spacial score (nSPS) is 13.4. The molecule has 0 heterocycles. The van der Waals surface area contributed by atoms with Crippen molar-refractivity contribution in [1.29, 1.82) is 0 Å². The molecule has 8 rings (SSSR count). The summed E-state index contributed by atoms with van der Waals surface area (Å²) in [5.74, 6) is 3.52. The third-order valence-corrected chi connectivity index (χ3v) is 22.9. The van der Waals surface area contributed by atoms with Crippen LogP contribution in [0.5, 0.6) is 23.0 Å². The van der Waals surface area contributed by atoms with E-state index in [-0.39, 0.29) is 21.7 Å². The van der Waals surface area contributed by atoms with Gasteiger partial charge in [-0.2, -0.15) is 0 Å². The fourth-order valence-corrected chi connectivity index (χ4v) is 18.3. The van der Waals surface area contributed by atoms with E-state index >= 15 is 4.57 Å². The first-order chi connectivity index (χ1) is 39.9. The molecule has 464 valence electrons. The number of benzene rings is 8. The van der Waals surface area contributed by atoms with Crippen LogP contribution in [-0.2, 0) is 47.9 Å². The van der Waals surface area contributed by atoms with Crippen LogP contribution in [0.3, 0.4) is 0 Å². The minimum Gasteiger partial charge on any atom is -0.496 e. The van der Waals surface area contributed by atoms with Gasteiger partial charge in [-0.25, -0.2) is 0 Å². The molecule has 0 amide bonds. The Bertz CT molecular complexity index is 3660. The number of hydrogen-bond acceptors (Lipinski definition) is 5. The molecule has 5 nitrogen and oxygen atoms in total. The second-order valence-electron chi connectivity index (χ2n) is 32.6. The van der Waals surface area contributed by atoms with Crippen molar-refractivity contribution in [3.8, 4) is 34.1 Å².